The topological polar surface area (TPSA) is 35.9 Å². The van der Waals surface area contributed by atoms with E-state index in [0.29, 0.717) is 0 Å². The summed E-state index contributed by atoms with van der Waals surface area (Å²) >= 11 is 0. The largest absolute Gasteiger partial charge is 0.497 e. The fraction of sp³-hybridized carbons (Fsp3) is 0.600. The molecule has 0 amide bonds. The van der Waals surface area contributed by atoms with Gasteiger partial charge in [-0.1, -0.05) is 12.1 Å². The lowest BCUT2D eigenvalue weighted by Gasteiger charge is -2.35. The first kappa shape index (κ1) is 14.3. The van der Waals surface area contributed by atoms with Gasteiger partial charge in [0.25, 0.3) is 0 Å². The third kappa shape index (κ3) is 4.49. The first-order valence-electron chi connectivity index (χ1n) is 6.93. The summed E-state index contributed by atoms with van der Waals surface area (Å²) in [7, 11) is 1.70. The van der Waals surface area contributed by atoms with E-state index < -0.39 is 0 Å². The monoisotopic (exact) mass is 264 g/mol. The maximum Gasteiger partial charge on any atom is 0.119 e. The molecular weight excluding hydrogens is 240 g/mol. The number of benzene rings is 1. The Bertz CT molecular complexity index is 387. The normalized spacial score (nSPS) is 19.3. The van der Waals surface area contributed by atoms with Crippen LogP contribution in [0.1, 0.15) is 12.5 Å². The molecule has 2 rings (SSSR count). The smallest absolute Gasteiger partial charge is 0.119 e. The Kier molecular flexibility index (Phi) is 5.19. The summed E-state index contributed by atoms with van der Waals surface area (Å²) in [6.07, 6.45) is -0.232. The number of hydrogen-bond acceptors (Lipinski definition) is 4. The maximum atomic E-state index is 9.39. The minimum atomic E-state index is -0.232. The molecule has 1 aromatic rings. The van der Waals surface area contributed by atoms with Gasteiger partial charge in [0.05, 0.1) is 13.2 Å². The van der Waals surface area contributed by atoms with Crippen LogP contribution in [0.25, 0.3) is 0 Å². The summed E-state index contributed by atoms with van der Waals surface area (Å²) in [6, 6.07) is 8.26. The Labute approximate surface area is 115 Å². The molecule has 0 saturated carbocycles. The van der Waals surface area contributed by atoms with Crippen molar-refractivity contribution in [1.82, 2.24) is 9.80 Å². The second-order valence-corrected chi connectivity index (χ2v) is 5.28. The van der Waals surface area contributed by atoms with Gasteiger partial charge in [-0.25, -0.2) is 0 Å². The Balaban J connectivity index is 1.81. The number of nitrogens with zero attached hydrogens (tertiary/aromatic N) is 2. The lowest BCUT2D eigenvalue weighted by Crippen LogP contribution is -2.47. The van der Waals surface area contributed by atoms with Gasteiger partial charge in [-0.15, -0.1) is 0 Å². The van der Waals surface area contributed by atoms with Gasteiger partial charge in [0.1, 0.15) is 5.75 Å². The molecule has 0 aromatic heterocycles. The number of rotatable bonds is 5. The third-order valence-corrected chi connectivity index (χ3v) is 3.53. The summed E-state index contributed by atoms with van der Waals surface area (Å²) in [5.41, 5.74) is 1.29. The molecule has 1 aliphatic rings. The van der Waals surface area contributed by atoms with Crippen LogP contribution in [0.15, 0.2) is 24.3 Å². The number of methoxy groups -OCH3 is 1. The molecule has 1 aliphatic heterocycles. The third-order valence-electron chi connectivity index (χ3n) is 3.53. The van der Waals surface area contributed by atoms with Crippen molar-refractivity contribution < 1.29 is 9.84 Å². The SMILES string of the molecule is COc1cccc(CN2CCN(C[C@@H](C)O)CC2)c1. The average Bonchev–Trinajstić information content (AvgIpc) is 2.41. The van der Waals surface area contributed by atoms with Crippen LogP contribution >= 0.6 is 0 Å². The summed E-state index contributed by atoms with van der Waals surface area (Å²) in [4.78, 5) is 4.78. The summed E-state index contributed by atoms with van der Waals surface area (Å²) in [5, 5.41) is 9.39. The van der Waals surface area contributed by atoms with Crippen LogP contribution in [-0.2, 0) is 6.54 Å². The zero-order valence-electron chi connectivity index (χ0n) is 11.9. The van der Waals surface area contributed by atoms with Crippen LogP contribution in [0.3, 0.4) is 0 Å². The highest BCUT2D eigenvalue weighted by Gasteiger charge is 2.17. The second kappa shape index (κ2) is 6.89. The molecule has 106 valence electrons. The van der Waals surface area contributed by atoms with Crippen molar-refractivity contribution >= 4 is 0 Å². The Morgan fingerprint density at radius 2 is 1.89 bits per heavy atom. The van der Waals surface area contributed by atoms with Gasteiger partial charge >= 0.3 is 0 Å². The Hall–Kier alpha value is -1.10. The van der Waals surface area contributed by atoms with Crippen LogP contribution in [0.2, 0.25) is 0 Å². The number of β-amino-alcohol motifs (C(OH)–C–C–N with tert-alkyl or cyclic N) is 1. The predicted octanol–water partition coefficient (Wildman–Crippen LogP) is 1.19. The van der Waals surface area contributed by atoms with Crippen LogP contribution in [0.5, 0.6) is 5.75 Å². The summed E-state index contributed by atoms with van der Waals surface area (Å²) in [5.74, 6) is 0.922. The molecule has 0 spiro atoms. The van der Waals surface area contributed by atoms with Crippen molar-refractivity contribution in [3.05, 3.63) is 29.8 Å². The number of aliphatic hydroxyl groups excluding tert-OH is 1. The van der Waals surface area contributed by atoms with Crippen molar-refractivity contribution in [2.75, 3.05) is 39.8 Å². The molecule has 1 atom stereocenters. The zero-order valence-corrected chi connectivity index (χ0v) is 11.9. The zero-order chi connectivity index (χ0) is 13.7. The van der Waals surface area contributed by atoms with Crippen molar-refractivity contribution in [2.24, 2.45) is 0 Å². The van der Waals surface area contributed by atoms with E-state index in [0.717, 1.165) is 45.0 Å². The molecule has 1 aromatic carbocycles. The molecule has 1 N–H and O–H groups in total. The van der Waals surface area contributed by atoms with Crippen molar-refractivity contribution in [3.8, 4) is 5.75 Å². The van der Waals surface area contributed by atoms with E-state index in [1.54, 1.807) is 7.11 Å². The number of piperazine rings is 1. The van der Waals surface area contributed by atoms with Gasteiger partial charge in [-0.05, 0) is 24.6 Å². The molecule has 0 bridgehead atoms. The highest BCUT2D eigenvalue weighted by atomic mass is 16.5. The first-order chi connectivity index (χ1) is 9.17. The minimum absolute atomic E-state index is 0.232. The number of hydrogen-bond donors (Lipinski definition) is 1. The lowest BCUT2D eigenvalue weighted by molar-refractivity contribution is 0.0780. The van der Waals surface area contributed by atoms with E-state index in [2.05, 4.69) is 21.9 Å². The number of ether oxygens (including phenoxy) is 1. The molecule has 1 heterocycles. The van der Waals surface area contributed by atoms with Crippen molar-refractivity contribution in [1.29, 1.82) is 0 Å². The van der Waals surface area contributed by atoms with E-state index >= 15 is 0 Å². The van der Waals surface area contributed by atoms with E-state index in [9.17, 15) is 5.11 Å². The molecule has 4 heteroatoms. The summed E-state index contributed by atoms with van der Waals surface area (Å²) < 4.78 is 5.25. The molecule has 4 nitrogen and oxygen atoms in total. The van der Waals surface area contributed by atoms with Crippen molar-refractivity contribution in [3.63, 3.8) is 0 Å². The Morgan fingerprint density at radius 1 is 1.21 bits per heavy atom. The maximum absolute atomic E-state index is 9.39. The van der Waals surface area contributed by atoms with Gasteiger partial charge in [-0.2, -0.15) is 0 Å². The van der Waals surface area contributed by atoms with Crippen LogP contribution in [0, 0.1) is 0 Å². The highest BCUT2D eigenvalue weighted by Crippen LogP contribution is 2.15. The van der Waals surface area contributed by atoms with Gasteiger partial charge in [0.2, 0.25) is 0 Å². The van der Waals surface area contributed by atoms with Crippen LogP contribution < -0.4 is 4.74 Å². The summed E-state index contributed by atoms with van der Waals surface area (Å²) in [6.45, 7) is 7.80. The van der Waals surface area contributed by atoms with Gasteiger partial charge in [0, 0.05) is 39.3 Å². The van der Waals surface area contributed by atoms with Gasteiger partial charge in [-0.3, -0.25) is 9.80 Å². The quantitative estimate of drug-likeness (QED) is 0.867. The number of aliphatic hydroxyl groups is 1. The highest BCUT2D eigenvalue weighted by molar-refractivity contribution is 5.28. The standard InChI is InChI=1S/C15H24N2O2/c1-13(18)11-16-6-8-17(9-7-16)12-14-4-3-5-15(10-14)19-2/h3-5,10,13,18H,6-9,11-12H2,1-2H3/t13-/m1/s1. The fourth-order valence-corrected chi connectivity index (χ4v) is 2.53. The molecule has 1 saturated heterocycles. The Morgan fingerprint density at radius 3 is 2.53 bits per heavy atom. The fourth-order valence-electron chi connectivity index (χ4n) is 2.53. The molecule has 1 fully saturated rings. The van der Waals surface area contributed by atoms with E-state index in [-0.39, 0.29) is 6.10 Å². The van der Waals surface area contributed by atoms with Crippen molar-refractivity contribution in [2.45, 2.75) is 19.6 Å². The van der Waals surface area contributed by atoms with E-state index in [1.165, 1.54) is 5.56 Å². The molecule has 0 unspecified atom stereocenters. The van der Waals surface area contributed by atoms with Gasteiger partial charge < -0.3 is 9.84 Å². The molecule has 0 radical (unpaired) electrons. The first-order valence-corrected chi connectivity index (χ1v) is 6.93. The average molecular weight is 264 g/mol. The van der Waals surface area contributed by atoms with E-state index in [4.69, 9.17) is 4.74 Å². The van der Waals surface area contributed by atoms with E-state index in [1.807, 2.05) is 19.1 Å². The van der Waals surface area contributed by atoms with Crippen LogP contribution in [-0.4, -0.2) is 60.8 Å². The van der Waals surface area contributed by atoms with Gasteiger partial charge in [0.15, 0.2) is 0 Å². The second-order valence-electron chi connectivity index (χ2n) is 5.28. The molecular formula is C15H24N2O2. The molecule has 19 heavy (non-hydrogen) atoms. The lowest BCUT2D eigenvalue weighted by atomic mass is 10.2. The predicted molar refractivity (Wildman–Crippen MR) is 76.4 cm³/mol. The minimum Gasteiger partial charge on any atom is -0.497 e. The molecule has 0 aliphatic carbocycles. The van der Waals surface area contributed by atoms with Crippen LogP contribution in [0.4, 0.5) is 0 Å².